The zero-order valence-electron chi connectivity index (χ0n) is 15.7. The molecule has 0 atom stereocenters. The Balaban J connectivity index is 1.39. The molecule has 0 bridgehead atoms. The normalized spacial score (nSPS) is 13.6. The van der Waals surface area contributed by atoms with Crippen LogP contribution < -0.4 is 15.5 Å². The second-order valence-corrected chi connectivity index (χ2v) is 6.93. The molecule has 0 saturated carbocycles. The molecule has 27 heavy (non-hydrogen) atoms. The molecule has 0 radical (unpaired) electrons. The van der Waals surface area contributed by atoms with E-state index in [1.807, 2.05) is 6.07 Å². The average Bonchev–Trinajstić information content (AvgIpc) is 3.23. The number of nitrogens with zero attached hydrogens (tertiary/aromatic N) is 3. The third-order valence-electron chi connectivity index (χ3n) is 5.00. The van der Waals surface area contributed by atoms with E-state index >= 15 is 0 Å². The van der Waals surface area contributed by atoms with Crippen LogP contribution in [0.4, 0.5) is 23.0 Å². The molecule has 1 aliphatic rings. The van der Waals surface area contributed by atoms with Gasteiger partial charge in [0.1, 0.15) is 18.0 Å². The number of aromatic nitrogens is 2. The van der Waals surface area contributed by atoms with Crippen LogP contribution in [0.1, 0.15) is 24.0 Å². The maximum atomic E-state index is 4.33. The lowest BCUT2D eigenvalue weighted by atomic mass is 10.1. The van der Waals surface area contributed by atoms with Crippen molar-refractivity contribution in [3.63, 3.8) is 0 Å². The highest BCUT2D eigenvalue weighted by Crippen LogP contribution is 2.24. The summed E-state index contributed by atoms with van der Waals surface area (Å²) in [6, 6.07) is 18.9. The summed E-state index contributed by atoms with van der Waals surface area (Å²) in [5, 5.41) is 6.74. The number of benzene rings is 2. The minimum atomic E-state index is 0.744. The summed E-state index contributed by atoms with van der Waals surface area (Å²) in [5.41, 5.74) is 4.86. The van der Waals surface area contributed by atoms with E-state index in [4.69, 9.17) is 0 Å². The van der Waals surface area contributed by atoms with Gasteiger partial charge in [0, 0.05) is 37.1 Å². The molecule has 1 aromatic heterocycles. The summed E-state index contributed by atoms with van der Waals surface area (Å²) in [6.45, 7) is 5.19. The Bertz CT molecular complexity index is 885. The van der Waals surface area contributed by atoms with Crippen molar-refractivity contribution in [1.29, 1.82) is 0 Å². The van der Waals surface area contributed by atoms with E-state index < -0.39 is 0 Å². The topological polar surface area (TPSA) is 53.1 Å². The summed E-state index contributed by atoms with van der Waals surface area (Å²) in [6.07, 6.45) is 4.17. The molecule has 0 amide bonds. The van der Waals surface area contributed by atoms with Crippen molar-refractivity contribution < 1.29 is 0 Å². The molecule has 3 aromatic rings. The van der Waals surface area contributed by atoms with E-state index in [1.165, 1.54) is 29.7 Å². The van der Waals surface area contributed by atoms with Crippen LogP contribution in [0.2, 0.25) is 0 Å². The second-order valence-electron chi connectivity index (χ2n) is 6.93. The summed E-state index contributed by atoms with van der Waals surface area (Å²) in [4.78, 5) is 11.1. The van der Waals surface area contributed by atoms with Gasteiger partial charge in [-0.15, -0.1) is 0 Å². The third kappa shape index (κ3) is 4.37. The number of aryl methyl sites for hydroxylation is 1. The lowest BCUT2D eigenvalue weighted by molar-refractivity contribution is 0.949. The quantitative estimate of drug-likeness (QED) is 0.666. The maximum Gasteiger partial charge on any atom is 0.135 e. The fraction of sp³-hybridized carbons (Fsp3) is 0.273. The van der Waals surface area contributed by atoms with Crippen molar-refractivity contribution in [3.05, 3.63) is 72.1 Å². The fourth-order valence-corrected chi connectivity index (χ4v) is 3.40. The van der Waals surface area contributed by atoms with Crippen molar-refractivity contribution in [3.8, 4) is 0 Å². The smallest absolute Gasteiger partial charge is 0.135 e. The predicted molar refractivity (Wildman–Crippen MR) is 112 cm³/mol. The monoisotopic (exact) mass is 359 g/mol. The van der Waals surface area contributed by atoms with Crippen LogP contribution >= 0.6 is 0 Å². The van der Waals surface area contributed by atoms with Crippen LogP contribution in [0.25, 0.3) is 0 Å². The fourth-order valence-electron chi connectivity index (χ4n) is 3.40. The number of rotatable bonds is 6. The van der Waals surface area contributed by atoms with Gasteiger partial charge in [0.25, 0.3) is 0 Å². The van der Waals surface area contributed by atoms with Crippen molar-refractivity contribution in [1.82, 2.24) is 9.97 Å². The molecule has 1 saturated heterocycles. The first kappa shape index (κ1) is 17.3. The molecular formula is C22H25N5. The zero-order valence-corrected chi connectivity index (χ0v) is 15.7. The highest BCUT2D eigenvalue weighted by Gasteiger charge is 2.11. The Kier molecular flexibility index (Phi) is 5.19. The van der Waals surface area contributed by atoms with E-state index in [1.54, 1.807) is 6.33 Å². The van der Waals surface area contributed by atoms with E-state index in [9.17, 15) is 0 Å². The Morgan fingerprint density at radius 1 is 0.926 bits per heavy atom. The van der Waals surface area contributed by atoms with Crippen LogP contribution in [0.15, 0.2) is 60.9 Å². The van der Waals surface area contributed by atoms with E-state index in [-0.39, 0.29) is 0 Å². The summed E-state index contributed by atoms with van der Waals surface area (Å²) < 4.78 is 0. The summed E-state index contributed by atoms with van der Waals surface area (Å²) in [7, 11) is 0. The molecule has 1 fully saturated rings. The van der Waals surface area contributed by atoms with Gasteiger partial charge in [0.05, 0.1) is 0 Å². The SMILES string of the molecule is Cc1ccccc1CNc1cc(Nc2ccc(N3CCCC3)cc2)ncn1. The zero-order chi connectivity index (χ0) is 18.5. The Labute approximate surface area is 160 Å². The van der Waals surface area contributed by atoms with E-state index in [2.05, 4.69) is 81.0 Å². The molecule has 2 aromatic carbocycles. The maximum absolute atomic E-state index is 4.33. The highest BCUT2D eigenvalue weighted by atomic mass is 15.1. The van der Waals surface area contributed by atoms with Gasteiger partial charge in [-0.25, -0.2) is 9.97 Å². The molecular weight excluding hydrogens is 334 g/mol. The Morgan fingerprint density at radius 2 is 1.67 bits per heavy atom. The second kappa shape index (κ2) is 8.08. The molecule has 4 rings (SSSR count). The van der Waals surface area contributed by atoms with Crippen molar-refractivity contribution >= 4 is 23.0 Å². The number of hydrogen-bond acceptors (Lipinski definition) is 5. The Hall–Kier alpha value is -3.08. The molecule has 138 valence electrons. The average molecular weight is 359 g/mol. The first-order valence-corrected chi connectivity index (χ1v) is 9.50. The Morgan fingerprint density at radius 3 is 2.44 bits per heavy atom. The van der Waals surface area contributed by atoms with Crippen LogP contribution in [0.3, 0.4) is 0 Å². The van der Waals surface area contributed by atoms with Gasteiger partial charge < -0.3 is 15.5 Å². The van der Waals surface area contributed by atoms with Crippen molar-refractivity contribution in [2.45, 2.75) is 26.3 Å². The molecule has 0 spiro atoms. The number of nitrogens with one attached hydrogen (secondary N) is 2. The van der Waals surface area contributed by atoms with Crippen molar-refractivity contribution in [2.75, 3.05) is 28.6 Å². The van der Waals surface area contributed by atoms with Crippen LogP contribution in [-0.4, -0.2) is 23.1 Å². The lowest BCUT2D eigenvalue weighted by Crippen LogP contribution is -2.17. The molecule has 2 heterocycles. The van der Waals surface area contributed by atoms with Crippen LogP contribution in [0.5, 0.6) is 0 Å². The van der Waals surface area contributed by atoms with Gasteiger partial charge in [-0.2, -0.15) is 0 Å². The number of anilines is 4. The number of hydrogen-bond donors (Lipinski definition) is 2. The van der Waals surface area contributed by atoms with Gasteiger partial charge in [-0.05, 0) is 55.2 Å². The van der Waals surface area contributed by atoms with Gasteiger partial charge in [0.2, 0.25) is 0 Å². The van der Waals surface area contributed by atoms with E-state index in [0.717, 1.165) is 37.0 Å². The van der Waals surface area contributed by atoms with Crippen LogP contribution in [0, 0.1) is 6.92 Å². The minimum Gasteiger partial charge on any atom is -0.372 e. The standard InChI is InChI=1S/C22H25N5/c1-17-6-2-3-7-18(17)15-23-21-14-22(25-16-24-21)26-19-8-10-20(11-9-19)27-12-4-5-13-27/h2-3,6-11,14,16H,4-5,12-13,15H2,1H3,(H2,23,24,25,26). The molecule has 0 aliphatic carbocycles. The third-order valence-corrected chi connectivity index (χ3v) is 5.00. The molecule has 1 aliphatic heterocycles. The molecule has 0 unspecified atom stereocenters. The first-order valence-electron chi connectivity index (χ1n) is 9.50. The molecule has 2 N–H and O–H groups in total. The largest absolute Gasteiger partial charge is 0.372 e. The van der Waals surface area contributed by atoms with Gasteiger partial charge in [-0.1, -0.05) is 24.3 Å². The molecule has 5 nitrogen and oxygen atoms in total. The minimum absolute atomic E-state index is 0.744. The predicted octanol–water partition coefficient (Wildman–Crippen LogP) is 4.74. The lowest BCUT2D eigenvalue weighted by Gasteiger charge is -2.18. The van der Waals surface area contributed by atoms with E-state index in [0.29, 0.717) is 0 Å². The summed E-state index contributed by atoms with van der Waals surface area (Å²) in [5.74, 6) is 1.59. The summed E-state index contributed by atoms with van der Waals surface area (Å²) >= 11 is 0. The van der Waals surface area contributed by atoms with Gasteiger partial charge in [-0.3, -0.25) is 0 Å². The van der Waals surface area contributed by atoms with Crippen molar-refractivity contribution in [2.24, 2.45) is 0 Å². The highest BCUT2D eigenvalue weighted by molar-refractivity contribution is 5.62. The van der Waals surface area contributed by atoms with Crippen LogP contribution in [-0.2, 0) is 6.54 Å². The van der Waals surface area contributed by atoms with Gasteiger partial charge in [0.15, 0.2) is 0 Å². The first-order chi connectivity index (χ1) is 13.3. The van der Waals surface area contributed by atoms with Gasteiger partial charge >= 0.3 is 0 Å². The molecule has 5 heteroatoms.